The number of hydrogen-bond donors (Lipinski definition) is 2. The van der Waals surface area contributed by atoms with E-state index in [9.17, 15) is 35.9 Å². The average Bonchev–Trinajstić information content (AvgIpc) is 2.77. The first-order valence-corrected chi connectivity index (χ1v) is 10.6. The summed E-state index contributed by atoms with van der Waals surface area (Å²) in [6, 6.07) is 6.55. The van der Waals surface area contributed by atoms with Crippen LogP contribution in [0.25, 0.3) is 0 Å². The second kappa shape index (κ2) is 10.4. The molecule has 0 radical (unpaired) electrons. The lowest BCUT2D eigenvalue weighted by Crippen LogP contribution is -2.45. The Bertz CT molecular complexity index is 999. The number of nitrogens with one attached hydrogen (secondary N) is 2. The Kier molecular flexibility index (Phi) is 7.73. The number of benzene rings is 2. The lowest BCUT2D eigenvalue weighted by molar-refractivity contribution is -0.274. The maximum absolute atomic E-state index is 13.0. The molecule has 3 rings (SSSR count). The van der Waals surface area contributed by atoms with Gasteiger partial charge in [-0.15, -0.1) is 13.2 Å². The number of alkyl halides is 6. The largest absolute Gasteiger partial charge is 0.573 e. The molecule has 184 valence electrons. The molecular weight excluding hydrogens is 466 g/mol. The summed E-state index contributed by atoms with van der Waals surface area (Å²) in [5.74, 6) is -2.07. The Balaban J connectivity index is 1.84. The molecule has 0 spiro atoms. The molecule has 2 N–H and O–H groups in total. The Hall–Kier alpha value is -3.24. The lowest BCUT2D eigenvalue weighted by Gasteiger charge is -2.26. The maximum atomic E-state index is 13.0. The first-order chi connectivity index (χ1) is 15.9. The van der Waals surface area contributed by atoms with Crippen molar-refractivity contribution >= 4 is 11.8 Å². The second-order valence-corrected chi connectivity index (χ2v) is 7.95. The van der Waals surface area contributed by atoms with Gasteiger partial charge in [-0.05, 0) is 48.7 Å². The van der Waals surface area contributed by atoms with Gasteiger partial charge in [0.25, 0.3) is 5.91 Å². The van der Waals surface area contributed by atoms with E-state index in [1.165, 1.54) is 18.2 Å². The van der Waals surface area contributed by atoms with Crippen LogP contribution >= 0.6 is 0 Å². The van der Waals surface area contributed by atoms with Gasteiger partial charge in [-0.1, -0.05) is 37.5 Å². The minimum absolute atomic E-state index is 0.137. The van der Waals surface area contributed by atoms with Gasteiger partial charge in [0.05, 0.1) is 5.56 Å². The molecule has 1 aliphatic carbocycles. The SMILES string of the molecule is O=C(NC(C(=O)NC1CCCCC1)c1ccc(OC(F)(F)F)cc1)c1cccc(C(F)(F)F)c1. The smallest absolute Gasteiger partial charge is 0.406 e. The van der Waals surface area contributed by atoms with Crippen LogP contribution in [0.1, 0.15) is 59.6 Å². The third kappa shape index (κ3) is 7.13. The third-order valence-electron chi connectivity index (χ3n) is 5.39. The molecule has 2 aromatic carbocycles. The molecule has 11 heteroatoms. The van der Waals surface area contributed by atoms with Crippen molar-refractivity contribution < 1.29 is 40.7 Å². The highest BCUT2D eigenvalue weighted by atomic mass is 19.4. The molecule has 2 amide bonds. The quantitative estimate of drug-likeness (QED) is 0.526. The van der Waals surface area contributed by atoms with Crippen LogP contribution in [0.15, 0.2) is 48.5 Å². The zero-order chi connectivity index (χ0) is 24.9. The summed E-state index contributed by atoms with van der Waals surface area (Å²) >= 11 is 0. The van der Waals surface area contributed by atoms with E-state index in [1.54, 1.807) is 0 Å². The standard InChI is InChI=1S/C23H22F6N2O3/c24-22(25,26)16-6-4-5-15(13-16)20(32)31-19(21(33)30-17-7-2-1-3-8-17)14-9-11-18(12-10-14)34-23(27,28)29/h4-6,9-13,17,19H,1-3,7-8H2,(H,30,33)(H,31,32). The summed E-state index contributed by atoms with van der Waals surface area (Å²) in [5.41, 5.74) is -1.21. The van der Waals surface area contributed by atoms with E-state index in [0.29, 0.717) is 6.07 Å². The topological polar surface area (TPSA) is 67.4 Å². The zero-order valence-electron chi connectivity index (χ0n) is 17.8. The number of carbonyl (C=O) groups excluding carboxylic acids is 2. The van der Waals surface area contributed by atoms with Crippen molar-refractivity contribution in [2.24, 2.45) is 0 Å². The third-order valence-corrected chi connectivity index (χ3v) is 5.39. The van der Waals surface area contributed by atoms with E-state index in [0.717, 1.165) is 56.4 Å². The highest BCUT2D eigenvalue weighted by Crippen LogP contribution is 2.30. The molecule has 1 unspecified atom stereocenters. The molecule has 1 atom stereocenters. The molecule has 1 saturated carbocycles. The van der Waals surface area contributed by atoms with Crippen molar-refractivity contribution in [2.75, 3.05) is 0 Å². The van der Waals surface area contributed by atoms with Crippen molar-refractivity contribution in [2.45, 2.75) is 56.7 Å². The molecule has 1 aliphatic rings. The first kappa shape index (κ1) is 25.4. The van der Waals surface area contributed by atoms with E-state index in [-0.39, 0.29) is 17.2 Å². The van der Waals surface area contributed by atoms with E-state index in [1.807, 2.05) is 0 Å². The van der Waals surface area contributed by atoms with E-state index in [2.05, 4.69) is 15.4 Å². The van der Waals surface area contributed by atoms with Crippen LogP contribution in [0.2, 0.25) is 0 Å². The Morgan fingerprint density at radius 3 is 2.15 bits per heavy atom. The molecule has 34 heavy (non-hydrogen) atoms. The van der Waals surface area contributed by atoms with Gasteiger partial charge < -0.3 is 15.4 Å². The minimum Gasteiger partial charge on any atom is -0.406 e. The normalized spacial score (nSPS) is 15.9. The fraction of sp³-hybridized carbons (Fsp3) is 0.391. The van der Waals surface area contributed by atoms with Crippen LogP contribution in [-0.2, 0) is 11.0 Å². The van der Waals surface area contributed by atoms with Crippen LogP contribution in [0.5, 0.6) is 5.75 Å². The molecule has 0 heterocycles. The molecule has 0 saturated heterocycles. The maximum Gasteiger partial charge on any atom is 0.573 e. The van der Waals surface area contributed by atoms with Gasteiger partial charge in [0.2, 0.25) is 5.91 Å². The molecule has 1 fully saturated rings. The first-order valence-electron chi connectivity index (χ1n) is 10.6. The summed E-state index contributed by atoms with van der Waals surface area (Å²) < 4.78 is 80.2. The Labute approximate surface area is 191 Å². The molecule has 2 aromatic rings. The molecule has 0 bridgehead atoms. The minimum atomic E-state index is -4.91. The zero-order valence-corrected chi connectivity index (χ0v) is 17.8. The van der Waals surface area contributed by atoms with Gasteiger partial charge in [-0.3, -0.25) is 9.59 Å². The van der Waals surface area contributed by atoms with Crippen molar-refractivity contribution in [3.8, 4) is 5.75 Å². The lowest BCUT2D eigenvalue weighted by atomic mass is 9.95. The van der Waals surface area contributed by atoms with Gasteiger partial charge in [-0.2, -0.15) is 13.2 Å². The predicted octanol–water partition coefficient (Wildman–Crippen LogP) is 5.52. The molecule has 5 nitrogen and oxygen atoms in total. The van der Waals surface area contributed by atoms with Gasteiger partial charge in [0, 0.05) is 11.6 Å². The van der Waals surface area contributed by atoms with Crippen molar-refractivity contribution in [3.05, 3.63) is 65.2 Å². The van der Waals surface area contributed by atoms with Crippen LogP contribution in [0, 0.1) is 0 Å². The van der Waals surface area contributed by atoms with E-state index in [4.69, 9.17) is 0 Å². The van der Waals surface area contributed by atoms with Crippen LogP contribution in [0.4, 0.5) is 26.3 Å². The van der Waals surface area contributed by atoms with Gasteiger partial charge >= 0.3 is 12.5 Å². The summed E-state index contributed by atoms with van der Waals surface area (Å²) in [5, 5.41) is 5.22. The Morgan fingerprint density at radius 2 is 1.56 bits per heavy atom. The summed E-state index contributed by atoms with van der Waals surface area (Å²) in [6.07, 6.45) is -5.25. The molecule has 0 aliphatic heterocycles. The summed E-state index contributed by atoms with van der Waals surface area (Å²) in [6.45, 7) is 0. The number of amides is 2. The van der Waals surface area contributed by atoms with Crippen LogP contribution in [0.3, 0.4) is 0 Å². The number of hydrogen-bond acceptors (Lipinski definition) is 3. The molecular formula is C23H22F6N2O3. The summed E-state index contributed by atoms with van der Waals surface area (Å²) in [7, 11) is 0. The Morgan fingerprint density at radius 1 is 0.912 bits per heavy atom. The number of ether oxygens (including phenoxy) is 1. The van der Waals surface area contributed by atoms with Gasteiger partial charge in [-0.25, -0.2) is 0 Å². The van der Waals surface area contributed by atoms with Gasteiger partial charge in [0.1, 0.15) is 11.8 Å². The van der Waals surface area contributed by atoms with Crippen molar-refractivity contribution in [1.82, 2.24) is 10.6 Å². The monoisotopic (exact) mass is 488 g/mol. The second-order valence-electron chi connectivity index (χ2n) is 7.95. The number of carbonyl (C=O) groups is 2. The van der Waals surface area contributed by atoms with Crippen molar-refractivity contribution in [1.29, 1.82) is 0 Å². The van der Waals surface area contributed by atoms with E-state index < -0.39 is 41.7 Å². The van der Waals surface area contributed by atoms with Gasteiger partial charge in [0.15, 0.2) is 0 Å². The fourth-order valence-electron chi connectivity index (χ4n) is 3.74. The van der Waals surface area contributed by atoms with E-state index >= 15 is 0 Å². The van der Waals surface area contributed by atoms with Crippen molar-refractivity contribution in [3.63, 3.8) is 0 Å². The van der Waals surface area contributed by atoms with Crippen LogP contribution in [-0.4, -0.2) is 24.2 Å². The fourth-order valence-corrected chi connectivity index (χ4v) is 3.74. The highest BCUT2D eigenvalue weighted by Gasteiger charge is 2.33. The summed E-state index contributed by atoms with van der Waals surface area (Å²) in [4.78, 5) is 25.7. The molecule has 0 aromatic heterocycles. The predicted molar refractivity (Wildman–Crippen MR) is 110 cm³/mol. The highest BCUT2D eigenvalue weighted by molar-refractivity contribution is 5.98. The van der Waals surface area contributed by atoms with Crippen LogP contribution < -0.4 is 15.4 Å². The number of halogens is 6. The average molecular weight is 488 g/mol. The number of rotatable bonds is 6.